The van der Waals surface area contributed by atoms with Crippen molar-refractivity contribution in [2.45, 2.75) is 26.3 Å². The van der Waals surface area contributed by atoms with Crippen LogP contribution in [0.5, 0.6) is 11.5 Å². The van der Waals surface area contributed by atoms with E-state index in [9.17, 15) is 4.79 Å². The fourth-order valence-electron chi connectivity index (χ4n) is 3.71. The molecule has 6 nitrogen and oxygen atoms in total. The summed E-state index contributed by atoms with van der Waals surface area (Å²) < 4.78 is 16.6. The minimum Gasteiger partial charge on any atom is -0.493 e. The Morgan fingerprint density at radius 2 is 1.91 bits per heavy atom. The topological polar surface area (TPSA) is 64.8 Å². The number of aromatic nitrogens is 1. The summed E-state index contributed by atoms with van der Waals surface area (Å²) in [5.41, 5.74) is 3.61. The standard InChI is InChI=1S/C25H26N2O4S/c1-5-20-19(18-8-6-7-9-21(18)31-20)14-27(2)24(28)13-17-15-32-25(26-17)16-10-11-22(29-3)23(12-16)30-4/h6-12,15H,5,13-14H2,1-4H3. The number of thiazole rings is 1. The zero-order chi connectivity index (χ0) is 22.7. The Morgan fingerprint density at radius 3 is 2.66 bits per heavy atom. The van der Waals surface area contributed by atoms with Gasteiger partial charge in [0.2, 0.25) is 5.91 Å². The van der Waals surface area contributed by atoms with Crippen molar-refractivity contribution in [3.63, 3.8) is 0 Å². The molecule has 166 valence electrons. The lowest BCUT2D eigenvalue weighted by Gasteiger charge is -2.17. The molecule has 0 radical (unpaired) electrons. The second-order valence-electron chi connectivity index (χ2n) is 7.49. The van der Waals surface area contributed by atoms with Crippen LogP contribution in [-0.4, -0.2) is 37.1 Å². The third-order valence-corrected chi connectivity index (χ3v) is 6.38. The largest absolute Gasteiger partial charge is 0.493 e. The number of hydrogen-bond donors (Lipinski definition) is 0. The van der Waals surface area contributed by atoms with Crippen molar-refractivity contribution in [2.75, 3.05) is 21.3 Å². The van der Waals surface area contributed by atoms with Gasteiger partial charge in [0.1, 0.15) is 16.4 Å². The van der Waals surface area contributed by atoms with Crippen LogP contribution in [-0.2, 0) is 24.2 Å². The maximum Gasteiger partial charge on any atom is 0.228 e. The molecule has 0 aliphatic rings. The first-order valence-corrected chi connectivity index (χ1v) is 11.3. The van der Waals surface area contributed by atoms with Gasteiger partial charge in [-0.3, -0.25) is 4.79 Å². The minimum atomic E-state index is 0.0153. The number of nitrogens with zero attached hydrogens (tertiary/aromatic N) is 2. The summed E-state index contributed by atoms with van der Waals surface area (Å²) in [6, 6.07) is 13.6. The van der Waals surface area contributed by atoms with Crippen LogP contribution in [0.4, 0.5) is 0 Å². The van der Waals surface area contributed by atoms with Crippen molar-refractivity contribution in [2.24, 2.45) is 0 Å². The maximum absolute atomic E-state index is 12.9. The quantitative estimate of drug-likeness (QED) is 0.363. The number of fused-ring (bicyclic) bond motifs is 1. The third-order valence-electron chi connectivity index (χ3n) is 5.44. The molecule has 0 N–H and O–H groups in total. The zero-order valence-electron chi connectivity index (χ0n) is 18.7. The highest BCUT2D eigenvalue weighted by Gasteiger charge is 2.19. The molecule has 0 unspecified atom stereocenters. The number of amides is 1. The molecule has 0 saturated heterocycles. The predicted molar refractivity (Wildman–Crippen MR) is 126 cm³/mol. The summed E-state index contributed by atoms with van der Waals surface area (Å²) >= 11 is 1.51. The first kappa shape index (κ1) is 21.9. The fourth-order valence-corrected chi connectivity index (χ4v) is 4.53. The Morgan fingerprint density at radius 1 is 1.12 bits per heavy atom. The SMILES string of the molecule is CCc1oc2ccccc2c1CN(C)C(=O)Cc1csc(-c2ccc(OC)c(OC)c2)n1. The van der Waals surface area contributed by atoms with Crippen molar-refractivity contribution >= 4 is 28.2 Å². The number of carbonyl (C=O) groups excluding carboxylic acids is 1. The number of carbonyl (C=O) groups is 1. The summed E-state index contributed by atoms with van der Waals surface area (Å²) in [4.78, 5) is 19.3. The lowest BCUT2D eigenvalue weighted by Crippen LogP contribution is -2.28. The van der Waals surface area contributed by atoms with Gasteiger partial charge in [-0.2, -0.15) is 0 Å². The normalized spacial score (nSPS) is 11.0. The molecule has 0 aliphatic heterocycles. The van der Waals surface area contributed by atoms with E-state index in [4.69, 9.17) is 13.9 Å². The average Bonchev–Trinajstić information content (AvgIpc) is 3.43. The number of aryl methyl sites for hydroxylation is 1. The Kier molecular flexibility index (Phi) is 6.46. The molecular weight excluding hydrogens is 424 g/mol. The molecule has 0 spiro atoms. The first-order chi connectivity index (χ1) is 15.5. The maximum atomic E-state index is 12.9. The molecular formula is C25H26N2O4S. The van der Waals surface area contributed by atoms with Gasteiger partial charge in [-0.1, -0.05) is 25.1 Å². The van der Waals surface area contributed by atoms with Gasteiger partial charge in [0.05, 0.1) is 26.3 Å². The number of hydrogen-bond acceptors (Lipinski definition) is 6. The van der Waals surface area contributed by atoms with Crippen LogP contribution in [0.15, 0.2) is 52.3 Å². The van der Waals surface area contributed by atoms with E-state index in [0.29, 0.717) is 18.0 Å². The van der Waals surface area contributed by atoms with E-state index < -0.39 is 0 Å². The Labute approximate surface area is 191 Å². The monoisotopic (exact) mass is 450 g/mol. The molecule has 7 heteroatoms. The summed E-state index contributed by atoms with van der Waals surface area (Å²) in [5, 5.41) is 3.83. The number of para-hydroxylation sites is 1. The van der Waals surface area contributed by atoms with Gasteiger partial charge in [-0.15, -0.1) is 11.3 Å². The Bertz CT molecular complexity index is 1240. The second kappa shape index (κ2) is 9.44. The average molecular weight is 451 g/mol. The summed E-state index contributed by atoms with van der Waals surface area (Å²) in [5.74, 6) is 2.26. The molecule has 0 saturated carbocycles. The molecule has 4 aromatic rings. The Balaban J connectivity index is 1.48. The van der Waals surface area contributed by atoms with E-state index in [1.54, 1.807) is 19.1 Å². The van der Waals surface area contributed by atoms with Gasteiger partial charge in [-0.25, -0.2) is 4.98 Å². The lowest BCUT2D eigenvalue weighted by atomic mass is 10.1. The van der Waals surface area contributed by atoms with Gasteiger partial charge in [0.15, 0.2) is 11.5 Å². The van der Waals surface area contributed by atoms with Crippen LogP contribution in [0.2, 0.25) is 0 Å². The highest BCUT2D eigenvalue weighted by molar-refractivity contribution is 7.13. The van der Waals surface area contributed by atoms with Crippen LogP contribution in [0.1, 0.15) is 23.9 Å². The van der Waals surface area contributed by atoms with Gasteiger partial charge in [0.25, 0.3) is 0 Å². The number of benzene rings is 2. The minimum absolute atomic E-state index is 0.0153. The number of rotatable bonds is 8. The first-order valence-electron chi connectivity index (χ1n) is 10.4. The summed E-state index contributed by atoms with van der Waals surface area (Å²) in [6.07, 6.45) is 1.03. The molecule has 32 heavy (non-hydrogen) atoms. The molecule has 2 aromatic carbocycles. The Hall–Kier alpha value is -3.32. The van der Waals surface area contributed by atoms with Crippen molar-refractivity contribution in [1.82, 2.24) is 9.88 Å². The zero-order valence-corrected chi connectivity index (χ0v) is 19.5. The molecule has 1 amide bonds. The number of likely N-dealkylation sites (N-methyl/N-ethyl adjacent to an activating group) is 1. The van der Waals surface area contributed by atoms with Gasteiger partial charge < -0.3 is 18.8 Å². The summed E-state index contributed by atoms with van der Waals surface area (Å²) in [7, 11) is 5.04. The van der Waals surface area contributed by atoms with Gasteiger partial charge in [-0.05, 0) is 24.3 Å². The van der Waals surface area contributed by atoms with Crippen LogP contribution in [0.25, 0.3) is 21.5 Å². The predicted octanol–water partition coefficient (Wildman–Crippen LogP) is 5.34. The van der Waals surface area contributed by atoms with Crippen molar-refractivity contribution in [3.05, 3.63) is 64.9 Å². The van der Waals surface area contributed by atoms with Crippen LogP contribution >= 0.6 is 11.3 Å². The van der Waals surface area contributed by atoms with Crippen LogP contribution in [0.3, 0.4) is 0 Å². The number of methoxy groups -OCH3 is 2. The van der Waals surface area contributed by atoms with E-state index in [2.05, 4.69) is 11.9 Å². The molecule has 0 fully saturated rings. The van der Waals surface area contributed by atoms with Crippen molar-refractivity contribution in [1.29, 1.82) is 0 Å². The van der Waals surface area contributed by atoms with Gasteiger partial charge in [0, 0.05) is 41.9 Å². The van der Waals surface area contributed by atoms with Crippen LogP contribution < -0.4 is 9.47 Å². The molecule has 4 rings (SSSR count). The lowest BCUT2D eigenvalue weighted by molar-refractivity contribution is -0.129. The highest BCUT2D eigenvalue weighted by atomic mass is 32.1. The van der Waals surface area contributed by atoms with E-state index in [-0.39, 0.29) is 12.3 Å². The summed E-state index contributed by atoms with van der Waals surface area (Å²) in [6.45, 7) is 2.57. The highest BCUT2D eigenvalue weighted by Crippen LogP contribution is 2.33. The van der Waals surface area contributed by atoms with E-state index >= 15 is 0 Å². The number of ether oxygens (including phenoxy) is 2. The second-order valence-corrected chi connectivity index (χ2v) is 8.35. The van der Waals surface area contributed by atoms with Crippen molar-refractivity contribution < 1.29 is 18.7 Å². The molecule has 0 atom stereocenters. The van der Waals surface area contributed by atoms with E-state index in [1.807, 2.05) is 54.9 Å². The smallest absolute Gasteiger partial charge is 0.228 e. The van der Waals surface area contributed by atoms with Gasteiger partial charge >= 0.3 is 0 Å². The van der Waals surface area contributed by atoms with E-state index in [1.165, 1.54) is 11.3 Å². The van der Waals surface area contributed by atoms with E-state index in [0.717, 1.165) is 45.0 Å². The number of furan rings is 1. The molecule has 0 bridgehead atoms. The van der Waals surface area contributed by atoms with Crippen LogP contribution in [0, 0.1) is 0 Å². The third kappa shape index (κ3) is 4.34. The molecule has 2 aromatic heterocycles. The van der Waals surface area contributed by atoms with Crippen molar-refractivity contribution in [3.8, 4) is 22.1 Å². The molecule has 0 aliphatic carbocycles. The molecule has 2 heterocycles. The fraction of sp³-hybridized carbons (Fsp3) is 0.280.